The van der Waals surface area contributed by atoms with Gasteiger partial charge < -0.3 is 24.3 Å². The molecule has 0 radical (unpaired) electrons. The monoisotopic (exact) mass is 383 g/mol. The first-order chi connectivity index (χ1) is 13.8. The third-order valence-electron chi connectivity index (χ3n) is 5.17. The number of anilines is 1. The fraction of sp³-hybridized carbons (Fsp3) is 0.478. The lowest BCUT2D eigenvalue weighted by Gasteiger charge is -2.13. The van der Waals surface area contributed by atoms with Gasteiger partial charge in [-0.15, -0.1) is 0 Å². The molecular weight excluding hydrogens is 354 g/mol. The van der Waals surface area contributed by atoms with E-state index in [2.05, 4.69) is 23.5 Å². The lowest BCUT2D eigenvalue weighted by Crippen LogP contribution is -2.16. The highest BCUT2D eigenvalue weighted by atomic mass is 16.5. The number of hydrogen-bond acceptors (Lipinski definition) is 5. The fourth-order valence-corrected chi connectivity index (χ4v) is 3.53. The van der Waals surface area contributed by atoms with Crippen LogP contribution in [0.4, 0.5) is 5.69 Å². The number of nitrogens with one attached hydrogen (secondary N) is 1. The standard InChI is InChI=1S/C23H29NO4/c1-4-19(14-21(5-1)28-17-23-7-3-13-26-23)24-15-18-8-10-20(11-9-18)27-16-22-6-2-12-25-22/h1,4-5,8-11,14,22-24H,2-3,6-7,12-13,15-17H2/t22-,23+/m0/s1. The lowest BCUT2D eigenvalue weighted by molar-refractivity contribution is 0.0679. The van der Waals surface area contributed by atoms with E-state index in [1.807, 2.05) is 30.3 Å². The molecule has 0 saturated carbocycles. The molecule has 2 aromatic rings. The summed E-state index contributed by atoms with van der Waals surface area (Å²) >= 11 is 0. The van der Waals surface area contributed by atoms with Gasteiger partial charge in [0.05, 0.1) is 12.2 Å². The number of hydrogen-bond donors (Lipinski definition) is 1. The van der Waals surface area contributed by atoms with Gasteiger partial charge in [0.1, 0.15) is 24.7 Å². The Morgan fingerprint density at radius 1 is 0.821 bits per heavy atom. The maximum atomic E-state index is 5.88. The summed E-state index contributed by atoms with van der Waals surface area (Å²) in [6, 6.07) is 16.3. The zero-order valence-corrected chi connectivity index (χ0v) is 16.3. The van der Waals surface area contributed by atoms with Crippen LogP contribution in [0.2, 0.25) is 0 Å². The molecule has 0 bridgehead atoms. The van der Waals surface area contributed by atoms with Crippen LogP contribution in [0.1, 0.15) is 31.2 Å². The summed E-state index contributed by atoms with van der Waals surface area (Å²) in [7, 11) is 0. The number of benzene rings is 2. The summed E-state index contributed by atoms with van der Waals surface area (Å²) in [4.78, 5) is 0. The van der Waals surface area contributed by atoms with Gasteiger partial charge in [-0.2, -0.15) is 0 Å². The van der Waals surface area contributed by atoms with Crippen LogP contribution < -0.4 is 14.8 Å². The largest absolute Gasteiger partial charge is 0.491 e. The van der Waals surface area contributed by atoms with Gasteiger partial charge >= 0.3 is 0 Å². The Morgan fingerprint density at radius 3 is 2.14 bits per heavy atom. The Balaban J connectivity index is 1.22. The first-order valence-electron chi connectivity index (χ1n) is 10.3. The van der Waals surface area contributed by atoms with Crippen molar-refractivity contribution < 1.29 is 18.9 Å². The van der Waals surface area contributed by atoms with Crippen LogP contribution in [0.3, 0.4) is 0 Å². The van der Waals surface area contributed by atoms with E-state index in [1.165, 1.54) is 5.56 Å². The molecule has 0 spiro atoms. The summed E-state index contributed by atoms with van der Waals surface area (Å²) in [5.74, 6) is 1.77. The SMILES string of the molecule is c1cc(NCc2ccc(OC[C@@H]3CCCO3)cc2)cc(OC[C@H]2CCCO2)c1. The molecule has 0 amide bonds. The highest BCUT2D eigenvalue weighted by Crippen LogP contribution is 2.21. The first-order valence-corrected chi connectivity index (χ1v) is 10.3. The molecule has 0 aliphatic carbocycles. The molecule has 4 rings (SSSR count). The van der Waals surface area contributed by atoms with E-state index >= 15 is 0 Å². The molecule has 0 unspecified atom stereocenters. The first kappa shape index (κ1) is 19.1. The van der Waals surface area contributed by atoms with Crippen molar-refractivity contribution >= 4 is 5.69 Å². The van der Waals surface area contributed by atoms with Crippen LogP contribution in [0, 0.1) is 0 Å². The van der Waals surface area contributed by atoms with Crippen molar-refractivity contribution in [3.63, 3.8) is 0 Å². The van der Waals surface area contributed by atoms with Gasteiger partial charge in [-0.3, -0.25) is 0 Å². The number of ether oxygens (including phenoxy) is 4. The molecule has 2 aromatic carbocycles. The van der Waals surface area contributed by atoms with E-state index in [-0.39, 0.29) is 12.2 Å². The average molecular weight is 383 g/mol. The van der Waals surface area contributed by atoms with Crippen molar-refractivity contribution in [2.45, 2.75) is 44.4 Å². The molecule has 2 atom stereocenters. The van der Waals surface area contributed by atoms with Crippen molar-refractivity contribution in [3.8, 4) is 11.5 Å². The molecule has 2 aliphatic heterocycles. The van der Waals surface area contributed by atoms with Crippen molar-refractivity contribution in [2.75, 3.05) is 31.7 Å². The van der Waals surface area contributed by atoms with Gasteiger partial charge in [0, 0.05) is 31.5 Å². The summed E-state index contributed by atoms with van der Waals surface area (Å²) in [5.41, 5.74) is 2.25. The topological polar surface area (TPSA) is 49.0 Å². The number of rotatable bonds is 9. The third kappa shape index (κ3) is 5.63. The van der Waals surface area contributed by atoms with Crippen LogP contribution in [0.5, 0.6) is 11.5 Å². The maximum Gasteiger partial charge on any atom is 0.121 e. The maximum absolute atomic E-state index is 5.88. The van der Waals surface area contributed by atoms with Crippen molar-refractivity contribution in [3.05, 3.63) is 54.1 Å². The molecule has 2 aliphatic rings. The Labute approximate surface area is 166 Å². The smallest absolute Gasteiger partial charge is 0.121 e. The highest BCUT2D eigenvalue weighted by molar-refractivity contribution is 5.48. The second kappa shape index (κ2) is 9.80. The minimum Gasteiger partial charge on any atom is -0.491 e. The van der Waals surface area contributed by atoms with Gasteiger partial charge in [0.15, 0.2) is 0 Å². The van der Waals surface area contributed by atoms with E-state index in [0.29, 0.717) is 13.2 Å². The van der Waals surface area contributed by atoms with Crippen LogP contribution in [0.15, 0.2) is 48.5 Å². The average Bonchev–Trinajstić information content (AvgIpc) is 3.44. The molecule has 28 heavy (non-hydrogen) atoms. The van der Waals surface area contributed by atoms with E-state index in [0.717, 1.165) is 62.6 Å². The predicted octanol–water partition coefficient (Wildman–Crippen LogP) is 4.41. The zero-order valence-electron chi connectivity index (χ0n) is 16.3. The molecule has 0 aromatic heterocycles. The minimum atomic E-state index is 0.234. The van der Waals surface area contributed by atoms with Crippen molar-refractivity contribution in [1.29, 1.82) is 0 Å². The Bertz CT molecular complexity index is 722. The van der Waals surface area contributed by atoms with Gasteiger partial charge in [-0.25, -0.2) is 0 Å². The molecule has 2 saturated heterocycles. The fourth-order valence-electron chi connectivity index (χ4n) is 3.53. The van der Waals surface area contributed by atoms with Crippen molar-refractivity contribution in [2.24, 2.45) is 0 Å². The quantitative estimate of drug-likeness (QED) is 0.695. The molecular formula is C23H29NO4. The highest BCUT2D eigenvalue weighted by Gasteiger charge is 2.16. The molecule has 2 heterocycles. The van der Waals surface area contributed by atoms with Crippen LogP contribution in [-0.4, -0.2) is 38.6 Å². The molecule has 150 valence electrons. The summed E-state index contributed by atoms with van der Waals surface area (Å²) in [5, 5.41) is 3.45. The Hall–Kier alpha value is -2.24. The van der Waals surface area contributed by atoms with E-state index < -0.39 is 0 Å². The van der Waals surface area contributed by atoms with Crippen molar-refractivity contribution in [1.82, 2.24) is 0 Å². The summed E-state index contributed by atoms with van der Waals surface area (Å²) < 4.78 is 22.9. The van der Waals surface area contributed by atoms with Crippen LogP contribution in [-0.2, 0) is 16.0 Å². The lowest BCUT2D eigenvalue weighted by atomic mass is 10.2. The van der Waals surface area contributed by atoms with Gasteiger partial charge in [0.25, 0.3) is 0 Å². The van der Waals surface area contributed by atoms with E-state index in [9.17, 15) is 0 Å². The minimum absolute atomic E-state index is 0.234. The van der Waals surface area contributed by atoms with Gasteiger partial charge in [0.2, 0.25) is 0 Å². The van der Waals surface area contributed by atoms with Crippen LogP contribution in [0.25, 0.3) is 0 Å². The molecule has 2 fully saturated rings. The molecule has 5 heteroatoms. The summed E-state index contributed by atoms with van der Waals surface area (Å²) in [6.45, 7) is 3.72. The Morgan fingerprint density at radius 2 is 1.50 bits per heavy atom. The van der Waals surface area contributed by atoms with E-state index in [4.69, 9.17) is 18.9 Å². The third-order valence-corrected chi connectivity index (χ3v) is 5.17. The normalized spacial score (nSPS) is 21.6. The second-order valence-corrected chi connectivity index (χ2v) is 7.42. The molecule has 1 N–H and O–H groups in total. The summed E-state index contributed by atoms with van der Waals surface area (Å²) in [6.07, 6.45) is 4.94. The predicted molar refractivity (Wildman–Crippen MR) is 109 cm³/mol. The molecule has 5 nitrogen and oxygen atoms in total. The zero-order chi connectivity index (χ0) is 19.0. The van der Waals surface area contributed by atoms with E-state index in [1.54, 1.807) is 0 Å². The van der Waals surface area contributed by atoms with Crippen LogP contribution >= 0.6 is 0 Å². The Kier molecular flexibility index (Phi) is 6.68. The van der Waals surface area contributed by atoms with Gasteiger partial charge in [-0.1, -0.05) is 18.2 Å². The van der Waals surface area contributed by atoms with Gasteiger partial charge in [-0.05, 0) is 55.5 Å². The second-order valence-electron chi connectivity index (χ2n) is 7.42.